The zero-order valence-corrected chi connectivity index (χ0v) is 63.5. The van der Waals surface area contributed by atoms with Crippen LogP contribution in [0, 0.1) is 0 Å². The zero-order chi connectivity index (χ0) is 71.8. The highest BCUT2D eigenvalue weighted by molar-refractivity contribution is 7.47. The van der Waals surface area contributed by atoms with Crippen molar-refractivity contribution in [2.24, 2.45) is 0 Å². The van der Waals surface area contributed by atoms with Crippen LogP contribution in [0.2, 0.25) is 0 Å². The van der Waals surface area contributed by atoms with Gasteiger partial charge in [-0.3, -0.25) is 37.3 Å². The molecule has 566 valence electrons. The number of aliphatic hydroxyl groups is 1. The van der Waals surface area contributed by atoms with Gasteiger partial charge >= 0.3 is 39.5 Å². The Kier molecular flexibility index (Phi) is 68.4. The average Bonchev–Trinajstić information content (AvgIpc) is 0.972. The van der Waals surface area contributed by atoms with Gasteiger partial charge in [0.1, 0.15) is 19.3 Å². The molecule has 3 N–H and O–H groups in total. The van der Waals surface area contributed by atoms with Gasteiger partial charge in [0.15, 0.2) is 12.2 Å². The van der Waals surface area contributed by atoms with Gasteiger partial charge in [-0.15, -0.1) is 0 Å². The Balaban J connectivity index is 5.32. The van der Waals surface area contributed by atoms with Crippen LogP contribution in [0.15, 0.2) is 97.2 Å². The minimum atomic E-state index is -4.98. The number of hydrogen-bond donors (Lipinski definition) is 3. The summed E-state index contributed by atoms with van der Waals surface area (Å²) in [6, 6.07) is 0. The molecule has 0 amide bonds. The van der Waals surface area contributed by atoms with Crippen molar-refractivity contribution in [1.82, 2.24) is 0 Å². The molecule has 0 aliphatic rings. The third-order valence-electron chi connectivity index (χ3n) is 16.0. The molecule has 0 heterocycles. The van der Waals surface area contributed by atoms with E-state index in [-0.39, 0.29) is 25.7 Å². The number of hydrogen-bond acceptors (Lipinski definition) is 15. The van der Waals surface area contributed by atoms with Crippen LogP contribution in [-0.2, 0) is 65.4 Å². The topological polar surface area (TPSA) is 237 Å². The SMILES string of the molecule is CC/C=C\C/C=C\C/C=C\C/C=C\CCCCCCCCC(=O)OCC(COP(=O)(O)OCC(O)COP(=O)(O)OCC(COC(=O)CCCCCCC/C=C\C/C=C\CCCCC)OC(=O)CCCCCCC/C=C\CCCC)OC(=O)CCCCCCC/C=C\CCCCCC. The summed E-state index contributed by atoms with van der Waals surface area (Å²) in [6.07, 6.45) is 74.0. The fourth-order valence-electron chi connectivity index (χ4n) is 10.1. The molecule has 0 spiro atoms. The molecule has 17 nitrogen and oxygen atoms in total. The van der Waals surface area contributed by atoms with Crippen LogP contribution in [0.25, 0.3) is 0 Å². The fraction of sp³-hybridized carbons (Fsp3) is 0.747. The molecule has 5 atom stereocenters. The van der Waals surface area contributed by atoms with E-state index in [1.54, 1.807) is 0 Å². The predicted octanol–water partition coefficient (Wildman–Crippen LogP) is 22.0. The third kappa shape index (κ3) is 70.4. The summed E-state index contributed by atoms with van der Waals surface area (Å²) < 4.78 is 68.4. The minimum absolute atomic E-state index is 0.0813. The van der Waals surface area contributed by atoms with Gasteiger partial charge in [0.2, 0.25) is 0 Å². The number of ether oxygens (including phenoxy) is 4. The Bertz CT molecular complexity index is 2240. The largest absolute Gasteiger partial charge is 0.472 e. The number of phosphoric ester groups is 2. The van der Waals surface area contributed by atoms with Crippen molar-refractivity contribution in [3.05, 3.63) is 97.2 Å². The van der Waals surface area contributed by atoms with Gasteiger partial charge in [-0.05, 0) is 141 Å². The van der Waals surface area contributed by atoms with E-state index in [1.165, 1.54) is 57.8 Å². The molecule has 0 saturated heterocycles. The van der Waals surface area contributed by atoms with Crippen molar-refractivity contribution in [2.75, 3.05) is 39.6 Å². The van der Waals surface area contributed by atoms with Gasteiger partial charge in [0.05, 0.1) is 26.4 Å². The molecule has 0 saturated carbocycles. The highest BCUT2D eigenvalue weighted by atomic mass is 31.2. The number of esters is 4. The quantitative estimate of drug-likeness (QED) is 0.0169. The predicted molar refractivity (Wildman–Crippen MR) is 399 cm³/mol. The first-order valence-corrected chi connectivity index (χ1v) is 41.5. The highest BCUT2D eigenvalue weighted by Crippen LogP contribution is 2.45. The molecule has 98 heavy (non-hydrogen) atoms. The Hall–Kier alpha value is -4.02. The van der Waals surface area contributed by atoms with Crippen molar-refractivity contribution in [3.63, 3.8) is 0 Å². The number of rotatable bonds is 72. The van der Waals surface area contributed by atoms with Gasteiger partial charge in [0, 0.05) is 25.7 Å². The molecule has 0 fully saturated rings. The van der Waals surface area contributed by atoms with Crippen molar-refractivity contribution in [3.8, 4) is 0 Å². The van der Waals surface area contributed by atoms with Gasteiger partial charge in [-0.2, -0.15) is 0 Å². The van der Waals surface area contributed by atoms with E-state index in [1.807, 2.05) is 0 Å². The monoisotopic (exact) mass is 1420 g/mol. The molecule has 0 aromatic rings. The van der Waals surface area contributed by atoms with Crippen LogP contribution in [-0.4, -0.2) is 96.7 Å². The molecule has 0 aliphatic heterocycles. The number of allylic oxidation sites excluding steroid dienone is 16. The van der Waals surface area contributed by atoms with Gasteiger partial charge in [-0.1, -0.05) is 253 Å². The van der Waals surface area contributed by atoms with E-state index in [2.05, 4.69) is 125 Å². The second-order valence-electron chi connectivity index (χ2n) is 25.6. The number of unbranched alkanes of at least 4 members (excludes halogenated alkanes) is 30. The first kappa shape index (κ1) is 94.0. The summed E-state index contributed by atoms with van der Waals surface area (Å²) in [6.45, 7) is 4.65. The smallest absolute Gasteiger partial charge is 0.462 e. The lowest BCUT2D eigenvalue weighted by Gasteiger charge is -2.21. The minimum Gasteiger partial charge on any atom is -0.462 e. The lowest BCUT2D eigenvalue weighted by molar-refractivity contribution is -0.161. The Labute approximate surface area is 595 Å². The van der Waals surface area contributed by atoms with E-state index < -0.39 is 97.5 Å². The molecular formula is C79H138O17P2. The maximum Gasteiger partial charge on any atom is 0.472 e. The normalized spacial score (nSPS) is 14.5. The fourth-order valence-corrected chi connectivity index (χ4v) is 11.7. The number of carbonyl (C=O) groups is 4. The number of carbonyl (C=O) groups excluding carboxylic acids is 4. The maximum absolute atomic E-state index is 13.1. The first-order valence-electron chi connectivity index (χ1n) is 38.5. The van der Waals surface area contributed by atoms with E-state index >= 15 is 0 Å². The summed E-state index contributed by atoms with van der Waals surface area (Å²) >= 11 is 0. The van der Waals surface area contributed by atoms with Crippen LogP contribution in [0.5, 0.6) is 0 Å². The summed E-state index contributed by atoms with van der Waals surface area (Å²) in [7, 11) is -9.95. The molecule has 0 bridgehead atoms. The summed E-state index contributed by atoms with van der Waals surface area (Å²) in [5.41, 5.74) is 0. The van der Waals surface area contributed by atoms with Crippen LogP contribution in [0.4, 0.5) is 0 Å². The Morgan fingerprint density at radius 2 is 0.541 bits per heavy atom. The molecule has 0 aromatic heterocycles. The third-order valence-corrected chi connectivity index (χ3v) is 17.9. The summed E-state index contributed by atoms with van der Waals surface area (Å²) in [5.74, 6) is -2.21. The Morgan fingerprint density at radius 1 is 0.296 bits per heavy atom. The number of phosphoric acid groups is 2. The van der Waals surface area contributed by atoms with E-state index in [0.29, 0.717) is 25.7 Å². The van der Waals surface area contributed by atoms with E-state index in [4.69, 9.17) is 37.0 Å². The molecular weight excluding hydrogens is 1280 g/mol. The van der Waals surface area contributed by atoms with Crippen molar-refractivity contribution in [2.45, 2.75) is 341 Å². The lowest BCUT2D eigenvalue weighted by atomic mass is 10.1. The van der Waals surface area contributed by atoms with E-state index in [0.717, 1.165) is 186 Å². The maximum atomic E-state index is 13.1. The average molecular weight is 1420 g/mol. The highest BCUT2D eigenvalue weighted by Gasteiger charge is 2.30. The molecule has 19 heteroatoms. The van der Waals surface area contributed by atoms with Crippen LogP contribution in [0.3, 0.4) is 0 Å². The second-order valence-corrected chi connectivity index (χ2v) is 28.5. The van der Waals surface area contributed by atoms with Crippen LogP contribution in [0.1, 0.15) is 323 Å². The van der Waals surface area contributed by atoms with Gasteiger partial charge in [0.25, 0.3) is 0 Å². The van der Waals surface area contributed by atoms with Gasteiger partial charge < -0.3 is 33.8 Å². The summed E-state index contributed by atoms with van der Waals surface area (Å²) in [4.78, 5) is 72.8. The van der Waals surface area contributed by atoms with Crippen molar-refractivity contribution < 1.29 is 80.2 Å². The summed E-state index contributed by atoms with van der Waals surface area (Å²) in [5, 5.41) is 10.6. The standard InChI is InChI=1S/C79H138O17P2/c1-5-9-13-17-21-25-29-32-34-35-36-37-39-42-45-48-52-56-60-64-77(82)90-70-75(96-79(84)66-62-58-54-50-46-40-31-27-23-19-15-11-7-3)72-94-98(87,88)92-68-73(80)67-91-97(85,86)93-71-74(95-78(83)65-61-57-53-49-43-28-24-20-16-12-8-4)69-89-76(81)63-59-55-51-47-44-41-38-33-30-26-22-18-14-10-6-2/h9,13,20-22,24-27,31-34,36-38,73-75,80H,5-8,10-12,14-19,23,28-30,35,39-72H2,1-4H3,(H,85,86)(H,87,88)/b13-9-,24-20-,25-21-,26-22-,31-27-,34-32-,37-36-,38-33-. The molecule has 0 radical (unpaired) electrons. The van der Waals surface area contributed by atoms with Gasteiger partial charge in [-0.25, -0.2) is 9.13 Å². The molecule has 5 unspecified atom stereocenters. The van der Waals surface area contributed by atoms with Crippen molar-refractivity contribution in [1.29, 1.82) is 0 Å². The lowest BCUT2D eigenvalue weighted by Crippen LogP contribution is -2.30. The second kappa shape index (κ2) is 71.4. The zero-order valence-electron chi connectivity index (χ0n) is 61.7. The van der Waals surface area contributed by atoms with Crippen molar-refractivity contribution >= 4 is 39.5 Å². The van der Waals surface area contributed by atoms with Crippen LogP contribution < -0.4 is 0 Å². The van der Waals surface area contributed by atoms with Crippen LogP contribution >= 0.6 is 15.6 Å². The van der Waals surface area contributed by atoms with E-state index in [9.17, 15) is 43.2 Å². The molecule has 0 aromatic carbocycles. The first-order chi connectivity index (χ1) is 47.7. The molecule has 0 aliphatic carbocycles. The molecule has 0 rings (SSSR count). The Morgan fingerprint density at radius 3 is 0.878 bits per heavy atom. The number of aliphatic hydroxyl groups excluding tert-OH is 1.